The maximum absolute atomic E-state index is 10.6. The van der Waals surface area contributed by atoms with Gasteiger partial charge in [-0.05, 0) is 12.1 Å². The Morgan fingerprint density at radius 3 is 2.87 bits per heavy atom. The number of halogens is 1. The quantitative estimate of drug-likeness (QED) is 0.770. The second-order valence-electron chi connectivity index (χ2n) is 2.67. The first-order valence-corrected chi connectivity index (χ1v) is 4.33. The summed E-state index contributed by atoms with van der Waals surface area (Å²) < 4.78 is 1.25. The van der Waals surface area contributed by atoms with Crippen molar-refractivity contribution in [3.05, 3.63) is 35.2 Å². The van der Waals surface area contributed by atoms with E-state index in [9.17, 15) is 4.79 Å². The largest absolute Gasteiger partial charge is 0.476 e. The molecule has 0 aliphatic carbocycles. The van der Waals surface area contributed by atoms with Gasteiger partial charge in [-0.2, -0.15) is 0 Å². The number of carboxylic acid groups (broad SMARTS) is 1. The lowest BCUT2D eigenvalue weighted by Gasteiger charge is -1.97. The van der Waals surface area contributed by atoms with Crippen LogP contribution >= 0.6 is 11.6 Å². The molecule has 2 heterocycles. The minimum Gasteiger partial charge on any atom is -0.476 e. The van der Waals surface area contributed by atoms with E-state index in [0.29, 0.717) is 11.0 Å². The Kier molecular flexibility index (Phi) is 2.34. The lowest BCUT2D eigenvalue weighted by molar-refractivity contribution is 0.0690. The van der Waals surface area contributed by atoms with Crippen LogP contribution in [0.5, 0.6) is 0 Å². The van der Waals surface area contributed by atoms with Crippen molar-refractivity contribution >= 4 is 17.6 Å². The highest BCUT2D eigenvalue weighted by molar-refractivity contribution is 6.29. The number of carboxylic acids is 1. The van der Waals surface area contributed by atoms with Crippen LogP contribution in [-0.2, 0) is 0 Å². The summed E-state index contributed by atoms with van der Waals surface area (Å²) in [5, 5.41) is 16.0. The van der Waals surface area contributed by atoms with Crippen LogP contribution in [0.25, 0.3) is 5.82 Å². The molecule has 0 spiro atoms. The summed E-state index contributed by atoms with van der Waals surface area (Å²) in [6.45, 7) is 0. The van der Waals surface area contributed by atoms with Gasteiger partial charge in [-0.1, -0.05) is 22.9 Å². The van der Waals surface area contributed by atoms with Crippen molar-refractivity contribution in [1.82, 2.24) is 20.0 Å². The second kappa shape index (κ2) is 3.66. The van der Waals surface area contributed by atoms with Crippen LogP contribution < -0.4 is 0 Å². The third kappa shape index (κ3) is 1.94. The average molecular weight is 225 g/mol. The molecule has 0 bridgehead atoms. The summed E-state index contributed by atoms with van der Waals surface area (Å²) in [5.41, 5.74) is -0.142. The lowest BCUT2D eigenvalue weighted by atomic mass is 10.4. The fourth-order valence-corrected chi connectivity index (χ4v) is 1.16. The number of hydrogen-bond acceptors (Lipinski definition) is 4. The van der Waals surface area contributed by atoms with Gasteiger partial charge in [0.1, 0.15) is 5.15 Å². The molecule has 0 fully saturated rings. The number of nitrogens with zero attached hydrogens (tertiary/aromatic N) is 4. The van der Waals surface area contributed by atoms with E-state index in [2.05, 4.69) is 15.3 Å². The number of hydrogen-bond donors (Lipinski definition) is 1. The molecule has 2 aromatic rings. The molecule has 0 amide bonds. The monoisotopic (exact) mass is 224 g/mol. The normalized spacial score (nSPS) is 10.2. The molecule has 0 unspecified atom stereocenters. The third-order valence-electron chi connectivity index (χ3n) is 1.65. The topological polar surface area (TPSA) is 80.9 Å². The zero-order chi connectivity index (χ0) is 10.8. The summed E-state index contributed by atoms with van der Waals surface area (Å²) in [5.74, 6) is -0.717. The standard InChI is InChI=1S/C8H5ClN4O2/c9-6-2-1-3-7(10-6)13-4-5(8(14)15)11-12-13/h1-4H,(H,14,15). The predicted octanol–water partition coefficient (Wildman–Crippen LogP) is 1.01. The molecule has 0 aromatic carbocycles. The highest BCUT2D eigenvalue weighted by Crippen LogP contribution is 2.08. The summed E-state index contributed by atoms with van der Waals surface area (Å²) in [7, 11) is 0. The Labute approximate surface area is 89.1 Å². The smallest absolute Gasteiger partial charge is 0.358 e. The van der Waals surface area contributed by atoms with E-state index in [4.69, 9.17) is 16.7 Å². The van der Waals surface area contributed by atoms with Gasteiger partial charge in [0.2, 0.25) is 0 Å². The van der Waals surface area contributed by atoms with Crippen molar-refractivity contribution in [2.75, 3.05) is 0 Å². The molecular weight excluding hydrogens is 220 g/mol. The Morgan fingerprint density at radius 1 is 1.47 bits per heavy atom. The summed E-state index contributed by atoms with van der Waals surface area (Å²) >= 11 is 5.68. The molecule has 0 atom stereocenters. The van der Waals surface area contributed by atoms with E-state index < -0.39 is 5.97 Å². The van der Waals surface area contributed by atoms with Crippen LogP contribution in [0, 0.1) is 0 Å². The lowest BCUT2D eigenvalue weighted by Crippen LogP contribution is -1.98. The van der Waals surface area contributed by atoms with Crippen LogP contribution in [0.3, 0.4) is 0 Å². The molecule has 7 heteroatoms. The van der Waals surface area contributed by atoms with E-state index in [-0.39, 0.29) is 5.69 Å². The van der Waals surface area contributed by atoms with Crippen molar-refractivity contribution in [3.8, 4) is 5.82 Å². The molecular formula is C8H5ClN4O2. The molecule has 2 rings (SSSR count). The van der Waals surface area contributed by atoms with Gasteiger partial charge < -0.3 is 5.11 Å². The summed E-state index contributed by atoms with van der Waals surface area (Å²) in [4.78, 5) is 14.5. The van der Waals surface area contributed by atoms with Gasteiger partial charge in [0.05, 0.1) is 6.20 Å². The Morgan fingerprint density at radius 2 is 2.27 bits per heavy atom. The van der Waals surface area contributed by atoms with Crippen molar-refractivity contribution < 1.29 is 9.90 Å². The predicted molar refractivity (Wildman–Crippen MR) is 51.1 cm³/mol. The van der Waals surface area contributed by atoms with Gasteiger partial charge >= 0.3 is 5.97 Å². The number of aromatic carboxylic acids is 1. The molecule has 6 nitrogen and oxygen atoms in total. The number of pyridine rings is 1. The molecule has 76 valence electrons. The first-order valence-electron chi connectivity index (χ1n) is 3.95. The van der Waals surface area contributed by atoms with Gasteiger partial charge in [-0.3, -0.25) is 0 Å². The Balaban J connectivity index is 2.41. The first-order chi connectivity index (χ1) is 7.16. The summed E-state index contributed by atoms with van der Waals surface area (Å²) in [6.07, 6.45) is 1.26. The van der Waals surface area contributed by atoms with Crippen molar-refractivity contribution in [1.29, 1.82) is 0 Å². The molecule has 0 aliphatic rings. The number of rotatable bonds is 2. The first kappa shape index (κ1) is 9.60. The second-order valence-corrected chi connectivity index (χ2v) is 3.06. The number of aromatic nitrogens is 4. The van der Waals surface area contributed by atoms with Crippen molar-refractivity contribution in [3.63, 3.8) is 0 Å². The molecule has 15 heavy (non-hydrogen) atoms. The van der Waals surface area contributed by atoms with Crippen molar-refractivity contribution in [2.24, 2.45) is 0 Å². The Hall–Kier alpha value is -1.95. The van der Waals surface area contributed by atoms with E-state index in [1.165, 1.54) is 10.9 Å². The Bertz CT molecular complexity index is 511. The molecule has 0 saturated carbocycles. The minimum absolute atomic E-state index is 0.142. The maximum atomic E-state index is 10.6. The molecule has 1 N–H and O–H groups in total. The highest BCUT2D eigenvalue weighted by Gasteiger charge is 2.09. The zero-order valence-electron chi connectivity index (χ0n) is 7.33. The number of carbonyl (C=O) groups is 1. The minimum atomic E-state index is -1.14. The van der Waals surface area contributed by atoms with Gasteiger partial charge in [0, 0.05) is 0 Å². The maximum Gasteiger partial charge on any atom is 0.358 e. The van der Waals surface area contributed by atoms with E-state index in [1.54, 1.807) is 18.2 Å². The fourth-order valence-electron chi connectivity index (χ4n) is 0.999. The van der Waals surface area contributed by atoms with Gasteiger partial charge in [-0.15, -0.1) is 5.10 Å². The fraction of sp³-hybridized carbons (Fsp3) is 0. The van der Waals surface area contributed by atoms with E-state index in [0.717, 1.165) is 0 Å². The molecule has 0 radical (unpaired) electrons. The van der Waals surface area contributed by atoms with E-state index >= 15 is 0 Å². The third-order valence-corrected chi connectivity index (χ3v) is 1.86. The van der Waals surface area contributed by atoms with Gasteiger partial charge in [-0.25, -0.2) is 14.5 Å². The zero-order valence-corrected chi connectivity index (χ0v) is 8.09. The molecule has 0 saturated heterocycles. The van der Waals surface area contributed by atoms with Crippen LogP contribution in [0.1, 0.15) is 10.5 Å². The average Bonchev–Trinajstić information content (AvgIpc) is 2.66. The van der Waals surface area contributed by atoms with Crippen LogP contribution in [0.4, 0.5) is 0 Å². The van der Waals surface area contributed by atoms with Crippen molar-refractivity contribution in [2.45, 2.75) is 0 Å². The van der Waals surface area contributed by atoms with Crippen LogP contribution in [0.15, 0.2) is 24.4 Å². The van der Waals surface area contributed by atoms with Crippen LogP contribution in [-0.4, -0.2) is 31.1 Å². The van der Waals surface area contributed by atoms with Gasteiger partial charge in [0.25, 0.3) is 0 Å². The molecule has 2 aromatic heterocycles. The van der Waals surface area contributed by atoms with E-state index in [1.807, 2.05) is 0 Å². The SMILES string of the molecule is O=C(O)c1cn(-c2cccc(Cl)n2)nn1. The van der Waals surface area contributed by atoms with Crippen LogP contribution in [0.2, 0.25) is 5.15 Å². The van der Waals surface area contributed by atoms with Gasteiger partial charge in [0.15, 0.2) is 11.5 Å². The summed E-state index contributed by atoms with van der Waals surface area (Å²) in [6, 6.07) is 4.94. The highest BCUT2D eigenvalue weighted by atomic mass is 35.5. The molecule has 0 aliphatic heterocycles.